The number of rotatable bonds is 8. The zero-order valence-electron chi connectivity index (χ0n) is 14.6. The Morgan fingerprint density at radius 2 is 1.85 bits per heavy atom. The molecule has 1 aromatic carbocycles. The van der Waals surface area contributed by atoms with Crippen molar-refractivity contribution >= 4 is 11.9 Å². The summed E-state index contributed by atoms with van der Waals surface area (Å²) in [7, 11) is 3.06. The number of carbonyl (C=O) groups excluding carboxylic acids is 2. The lowest BCUT2D eigenvalue weighted by molar-refractivity contribution is -0.149. The van der Waals surface area contributed by atoms with Gasteiger partial charge in [-0.15, -0.1) is 0 Å². The lowest BCUT2D eigenvalue weighted by atomic mass is 10.2. The molecular weight excluding hydrogens is 340 g/mol. The van der Waals surface area contributed by atoms with Crippen molar-refractivity contribution in [3.05, 3.63) is 58.5 Å². The van der Waals surface area contributed by atoms with Gasteiger partial charge in [0.25, 0.3) is 11.5 Å². The van der Waals surface area contributed by atoms with Gasteiger partial charge in [-0.2, -0.15) is 0 Å². The number of benzene rings is 1. The Morgan fingerprint density at radius 3 is 2.54 bits per heavy atom. The van der Waals surface area contributed by atoms with Crippen LogP contribution in [-0.4, -0.2) is 37.3 Å². The smallest absolute Gasteiger partial charge is 0.326 e. The van der Waals surface area contributed by atoms with Gasteiger partial charge in [-0.05, 0) is 23.8 Å². The second-order valence-corrected chi connectivity index (χ2v) is 5.29. The molecule has 0 saturated heterocycles. The van der Waals surface area contributed by atoms with Gasteiger partial charge in [0.1, 0.15) is 6.54 Å². The Balaban J connectivity index is 1.79. The molecule has 1 N–H and O–H groups in total. The van der Waals surface area contributed by atoms with Crippen LogP contribution in [0.4, 0.5) is 0 Å². The van der Waals surface area contributed by atoms with Crippen molar-refractivity contribution in [2.24, 2.45) is 0 Å². The van der Waals surface area contributed by atoms with Crippen LogP contribution in [0, 0.1) is 0 Å². The van der Waals surface area contributed by atoms with E-state index in [0.29, 0.717) is 11.5 Å². The zero-order valence-corrected chi connectivity index (χ0v) is 14.6. The highest BCUT2D eigenvalue weighted by Gasteiger charge is 2.10. The summed E-state index contributed by atoms with van der Waals surface area (Å²) in [5.74, 6) is 0.0275. The van der Waals surface area contributed by atoms with Gasteiger partial charge in [0.2, 0.25) is 0 Å². The van der Waals surface area contributed by atoms with Crippen LogP contribution in [0.25, 0.3) is 0 Å². The molecule has 2 aromatic rings. The molecule has 0 fully saturated rings. The Kier molecular flexibility index (Phi) is 6.78. The van der Waals surface area contributed by atoms with E-state index in [1.807, 2.05) is 0 Å². The van der Waals surface area contributed by atoms with Crippen LogP contribution >= 0.6 is 0 Å². The lowest BCUT2D eigenvalue weighted by Crippen LogP contribution is -2.30. The summed E-state index contributed by atoms with van der Waals surface area (Å²) in [6, 6.07) is 9.81. The van der Waals surface area contributed by atoms with Gasteiger partial charge in [0, 0.05) is 18.8 Å². The maximum Gasteiger partial charge on any atom is 0.326 e. The van der Waals surface area contributed by atoms with Crippen LogP contribution in [0.15, 0.2) is 47.4 Å². The van der Waals surface area contributed by atoms with E-state index in [4.69, 9.17) is 14.2 Å². The molecule has 0 unspecified atom stereocenters. The SMILES string of the molecule is COc1ccc(CNC(=O)COC(=O)Cn2ccccc2=O)cc1OC. The highest BCUT2D eigenvalue weighted by Crippen LogP contribution is 2.27. The van der Waals surface area contributed by atoms with Gasteiger partial charge in [0.05, 0.1) is 14.2 Å². The number of amides is 1. The molecule has 2 rings (SSSR count). The number of nitrogens with zero attached hydrogens (tertiary/aromatic N) is 1. The molecule has 1 heterocycles. The van der Waals surface area contributed by atoms with E-state index in [0.717, 1.165) is 5.56 Å². The molecule has 8 nitrogen and oxygen atoms in total. The number of pyridine rings is 1. The molecule has 138 valence electrons. The highest BCUT2D eigenvalue weighted by molar-refractivity contribution is 5.80. The molecule has 0 radical (unpaired) electrons. The van der Waals surface area contributed by atoms with Crippen LogP contribution in [0.3, 0.4) is 0 Å². The molecular formula is C18H20N2O6. The van der Waals surface area contributed by atoms with Crippen LogP contribution < -0.4 is 20.3 Å². The Hall–Kier alpha value is -3.29. The first-order valence-corrected chi connectivity index (χ1v) is 7.82. The topological polar surface area (TPSA) is 95.9 Å². The molecule has 0 atom stereocenters. The average molecular weight is 360 g/mol. The van der Waals surface area contributed by atoms with Crippen molar-refractivity contribution in [2.75, 3.05) is 20.8 Å². The Labute approximate surface area is 150 Å². The standard InChI is InChI=1S/C18H20N2O6/c1-24-14-7-6-13(9-15(14)25-2)10-19-16(21)12-26-18(23)11-20-8-4-3-5-17(20)22/h3-9H,10-12H2,1-2H3,(H,19,21). The first-order valence-electron chi connectivity index (χ1n) is 7.82. The van der Waals surface area contributed by atoms with Gasteiger partial charge in [-0.1, -0.05) is 12.1 Å². The molecule has 0 saturated carbocycles. The zero-order chi connectivity index (χ0) is 18.9. The van der Waals surface area contributed by atoms with Crippen LogP contribution in [-0.2, 0) is 27.4 Å². The second kappa shape index (κ2) is 9.26. The molecule has 0 aliphatic rings. The third-order valence-electron chi connectivity index (χ3n) is 3.50. The van der Waals surface area contributed by atoms with Crippen molar-refractivity contribution in [3.8, 4) is 11.5 Å². The summed E-state index contributed by atoms with van der Waals surface area (Å²) in [5, 5.41) is 2.64. The van der Waals surface area contributed by atoms with E-state index in [-0.39, 0.29) is 18.6 Å². The maximum atomic E-state index is 11.8. The molecule has 0 bridgehead atoms. The van der Waals surface area contributed by atoms with Gasteiger partial charge in [-0.3, -0.25) is 14.4 Å². The maximum absolute atomic E-state index is 11.8. The Bertz CT molecular complexity index is 830. The van der Waals surface area contributed by atoms with Crippen molar-refractivity contribution in [3.63, 3.8) is 0 Å². The minimum absolute atomic E-state index is 0.245. The normalized spacial score (nSPS) is 10.1. The number of carbonyl (C=O) groups is 2. The van der Waals surface area contributed by atoms with E-state index in [1.165, 1.54) is 31.0 Å². The van der Waals surface area contributed by atoms with E-state index in [2.05, 4.69) is 5.32 Å². The molecule has 0 aliphatic heterocycles. The number of esters is 1. The monoisotopic (exact) mass is 360 g/mol. The predicted octanol–water partition coefficient (Wildman–Crippen LogP) is 0.725. The third kappa shape index (κ3) is 5.37. The summed E-state index contributed by atoms with van der Waals surface area (Å²) in [6.07, 6.45) is 1.47. The minimum atomic E-state index is -0.667. The van der Waals surface area contributed by atoms with Crippen LogP contribution in [0.1, 0.15) is 5.56 Å². The summed E-state index contributed by atoms with van der Waals surface area (Å²) >= 11 is 0. The Morgan fingerprint density at radius 1 is 1.08 bits per heavy atom. The summed E-state index contributed by atoms with van der Waals surface area (Å²) < 4.78 is 16.4. The van der Waals surface area contributed by atoms with Gasteiger partial charge >= 0.3 is 5.97 Å². The first kappa shape index (κ1) is 19.0. The summed E-state index contributed by atoms with van der Waals surface area (Å²) in [4.78, 5) is 35.0. The number of methoxy groups -OCH3 is 2. The molecule has 1 amide bonds. The molecule has 26 heavy (non-hydrogen) atoms. The van der Waals surface area contributed by atoms with Gasteiger partial charge < -0.3 is 24.1 Å². The quantitative estimate of drug-likeness (QED) is 0.697. The van der Waals surface area contributed by atoms with Gasteiger partial charge in [-0.25, -0.2) is 0 Å². The molecule has 1 aromatic heterocycles. The third-order valence-corrected chi connectivity index (χ3v) is 3.50. The van der Waals surface area contributed by atoms with E-state index >= 15 is 0 Å². The van der Waals surface area contributed by atoms with E-state index in [1.54, 1.807) is 30.3 Å². The lowest BCUT2D eigenvalue weighted by Gasteiger charge is -2.11. The molecule has 0 spiro atoms. The van der Waals surface area contributed by atoms with Crippen LogP contribution in [0.2, 0.25) is 0 Å². The van der Waals surface area contributed by atoms with Crippen molar-refractivity contribution in [1.82, 2.24) is 9.88 Å². The van der Waals surface area contributed by atoms with E-state index < -0.39 is 18.5 Å². The highest BCUT2D eigenvalue weighted by atomic mass is 16.5. The number of nitrogens with one attached hydrogen (secondary N) is 1. The fourth-order valence-corrected chi connectivity index (χ4v) is 2.16. The van der Waals surface area contributed by atoms with E-state index in [9.17, 15) is 14.4 Å². The van der Waals surface area contributed by atoms with Crippen molar-refractivity contribution in [1.29, 1.82) is 0 Å². The summed E-state index contributed by atoms with van der Waals surface area (Å²) in [6.45, 7) is -0.425. The number of hydrogen-bond donors (Lipinski definition) is 1. The van der Waals surface area contributed by atoms with Crippen molar-refractivity contribution < 1.29 is 23.8 Å². The average Bonchev–Trinajstić information content (AvgIpc) is 2.66. The van der Waals surface area contributed by atoms with Crippen molar-refractivity contribution in [2.45, 2.75) is 13.1 Å². The minimum Gasteiger partial charge on any atom is -0.493 e. The summed E-state index contributed by atoms with van der Waals surface area (Å²) in [5.41, 5.74) is 0.487. The first-order chi connectivity index (χ1) is 12.5. The number of aromatic nitrogens is 1. The second-order valence-electron chi connectivity index (χ2n) is 5.29. The largest absolute Gasteiger partial charge is 0.493 e. The van der Waals surface area contributed by atoms with Gasteiger partial charge in [0.15, 0.2) is 18.1 Å². The fourth-order valence-electron chi connectivity index (χ4n) is 2.16. The number of hydrogen-bond acceptors (Lipinski definition) is 6. The number of ether oxygens (including phenoxy) is 3. The molecule has 8 heteroatoms. The van der Waals surface area contributed by atoms with Crippen LogP contribution in [0.5, 0.6) is 11.5 Å². The molecule has 0 aliphatic carbocycles. The fraction of sp³-hybridized carbons (Fsp3) is 0.278. The predicted molar refractivity (Wildman–Crippen MR) is 93.1 cm³/mol.